The van der Waals surface area contributed by atoms with Gasteiger partial charge < -0.3 is 10.6 Å². The lowest BCUT2D eigenvalue weighted by molar-refractivity contribution is -0.121. The SMILES string of the molecule is CC(C)NCCC(=O)NCC(C)N1CCCC1. The summed E-state index contributed by atoms with van der Waals surface area (Å²) in [6, 6.07) is 0.922. The van der Waals surface area contributed by atoms with Crippen LogP contribution in [0.5, 0.6) is 0 Å². The molecule has 1 saturated heterocycles. The molecule has 0 radical (unpaired) electrons. The third kappa shape index (κ3) is 6.03. The fourth-order valence-corrected chi connectivity index (χ4v) is 2.14. The first-order chi connectivity index (χ1) is 8.09. The molecule has 1 unspecified atom stereocenters. The molecule has 1 fully saturated rings. The van der Waals surface area contributed by atoms with Gasteiger partial charge in [-0.15, -0.1) is 0 Å². The highest BCUT2D eigenvalue weighted by Gasteiger charge is 2.18. The normalized spacial score (nSPS) is 18.6. The molecule has 4 heteroatoms. The number of nitrogens with zero attached hydrogens (tertiary/aromatic N) is 1. The predicted octanol–water partition coefficient (Wildman–Crippen LogP) is 0.975. The van der Waals surface area contributed by atoms with E-state index in [9.17, 15) is 4.79 Å². The first kappa shape index (κ1) is 14.5. The van der Waals surface area contributed by atoms with E-state index in [0.717, 1.165) is 13.1 Å². The molecule has 0 aromatic rings. The highest BCUT2D eigenvalue weighted by Crippen LogP contribution is 2.10. The number of likely N-dealkylation sites (tertiary alicyclic amines) is 1. The van der Waals surface area contributed by atoms with E-state index in [1.165, 1.54) is 25.9 Å². The molecule has 1 aliphatic heterocycles. The van der Waals surface area contributed by atoms with Crippen LogP contribution in [0.15, 0.2) is 0 Å². The van der Waals surface area contributed by atoms with Crippen LogP contribution < -0.4 is 10.6 Å². The summed E-state index contributed by atoms with van der Waals surface area (Å²) in [7, 11) is 0. The monoisotopic (exact) mass is 241 g/mol. The van der Waals surface area contributed by atoms with Gasteiger partial charge in [-0.2, -0.15) is 0 Å². The van der Waals surface area contributed by atoms with Crippen LogP contribution >= 0.6 is 0 Å². The summed E-state index contributed by atoms with van der Waals surface area (Å²) in [6.45, 7) is 10.3. The number of amides is 1. The van der Waals surface area contributed by atoms with Gasteiger partial charge in [-0.25, -0.2) is 0 Å². The quantitative estimate of drug-likeness (QED) is 0.698. The second kappa shape index (κ2) is 7.67. The second-order valence-corrected chi connectivity index (χ2v) is 5.25. The number of hydrogen-bond acceptors (Lipinski definition) is 3. The molecular weight excluding hydrogens is 214 g/mol. The zero-order chi connectivity index (χ0) is 12.7. The minimum absolute atomic E-state index is 0.157. The summed E-state index contributed by atoms with van der Waals surface area (Å²) in [5.41, 5.74) is 0. The Morgan fingerprint density at radius 2 is 1.88 bits per heavy atom. The first-order valence-corrected chi connectivity index (χ1v) is 6.83. The summed E-state index contributed by atoms with van der Waals surface area (Å²) in [4.78, 5) is 14.0. The summed E-state index contributed by atoms with van der Waals surface area (Å²) in [6.07, 6.45) is 3.18. The molecule has 1 aliphatic rings. The van der Waals surface area contributed by atoms with Crippen LogP contribution in [0.2, 0.25) is 0 Å². The van der Waals surface area contributed by atoms with E-state index in [1.54, 1.807) is 0 Å². The topological polar surface area (TPSA) is 44.4 Å². The van der Waals surface area contributed by atoms with Crippen molar-refractivity contribution < 1.29 is 4.79 Å². The first-order valence-electron chi connectivity index (χ1n) is 6.83. The zero-order valence-electron chi connectivity index (χ0n) is 11.5. The van der Waals surface area contributed by atoms with Crippen LogP contribution in [-0.4, -0.2) is 49.1 Å². The van der Waals surface area contributed by atoms with Crippen molar-refractivity contribution in [2.45, 2.75) is 52.1 Å². The Bertz CT molecular complexity index is 225. The van der Waals surface area contributed by atoms with E-state index in [-0.39, 0.29) is 5.91 Å². The molecule has 100 valence electrons. The van der Waals surface area contributed by atoms with Gasteiger partial charge in [-0.05, 0) is 32.9 Å². The van der Waals surface area contributed by atoms with Gasteiger partial charge in [-0.3, -0.25) is 9.69 Å². The van der Waals surface area contributed by atoms with E-state index in [2.05, 4.69) is 36.3 Å². The second-order valence-electron chi connectivity index (χ2n) is 5.25. The molecule has 0 aromatic carbocycles. The van der Waals surface area contributed by atoms with Crippen molar-refractivity contribution in [3.05, 3.63) is 0 Å². The van der Waals surface area contributed by atoms with Gasteiger partial charge in [0.2, 0.25) is 5.91 Å². The lowest BCUT2D eigenvalue weighted by Crippen LogP contribution is -2.41. The molecule has 2 N–H and O–H groups in total. The largest absolute Gasteiger partial charge is 0.355 e. The smallest absolute Gasteiger partial charge is 0.221 e. The molecule has 1 heterocycles. The molecular formula is C13H27N3O. The maximum Gasteiger partial charge on any atom is 0.221 e. The van der Waals surface area contributed by atoms with Crippen molar-refractivity contribution in [2.24, 2.45) is 0 Å². The molecule has 1 atom stereocenters. The van der Waals surface area contributed by atoms with Crippen molar-refractivity contribution in [3.63, 3.8) is 0 Å². The predicted molar refractivity (Wildman–Crippen MR) is 71.0 cm³/mol. The minimum Gasteiger partial charge on any atom is -0.355 e. The lowest BCUT2D eigenvalue weighted by Gasteiger charge is -2.23. The molecule has 1 rings (SSSR count). The maximum atomic E-state index is 11.6. The Labute approximate surface area is 105 Å². The van der Waals surface area contributed by atoms with Crippen LogP contribution in [0.4, 0.5) is 0 Å². The fraction of sp³-hybridized carbons (Fsp3) is 0.923. The molecule has 0 bridgehead atoms. The third-order valence-corrected chi connectivity index (χ3v) is 3.26. The van der Waals surface area contributed by atoms with Gasteiger partial charge in [-0.1, -0.05) is 13.8 Å². The minimum atomic E-state index is 0.157. The van der Waals surface area contributed by atoms with Crippen molar-refractivity contribution in [1.29, 1.82) is 0 Å². The van der Waals surface area contributed by atoms with E-state index < -0.39 is 0 Å². The van der Waals surface area contributed by atoms with Gasteiger partial charge >= 0.3 is 0 Å². The Morgan fingerprint density at radius 3 is 2.47 bits per heavy atom. The maximum absolute atomic E-state index is 11.6. The summed E-state index contributed by atoms with van der Waals surface area (Å²) < 4.78 is 0. The van der Waals surface area contributed by atoms with Crippen molar-refractivity contribution in [3.8, 4) is 0 Å². The van der Waals surface area contributed by atoms with E-state index in [0.29, 0.717) is 18.5 Å². The molecule has 17 heavy (non-hydrogen) atoms. The zero-order valence-corrected chi connectivity index (χ0v) is 11.5. The van der Waals surface area contributed by atoms with Crippen LogP contribution in [0, 0.1) is 0 Å². The van der Waals surface area contributed by atoms with E-state index >= 15 is 0 Å². The van der Waals surface area contributed by atoms with Gasteiger partial charge in [0, 0.05) is 31.6 Å². The van der Waals surface area contributed by atoms with Crippen LogP contribution in [0.3, 0.4) is 0 Å². The highest BCUT2D eigenvalue weighted by atomic mass is 16.1. The Morgan fingerprint density at radius 1 is 1.24 bits per heavy atom. The Balaban J connectivity index is 2.06. The fourth-order valence-electron chi connectivity index (χ4n) is 2.14. The van der Waals surface area contributed by atoms with Crippen LogP contribution in [0.25, 0.3) is 0 Å². The number of rotatable bonds is 7. The Kier molecular flexibility index (Phi) is 6.52. The van der Waals surface area contributed by atoms with Gasteiger partial charge in [0.1, 0.15) is 0 Å². The van der Waals surface area contributed by atoms with Gasteiger partial charge in [0.15, 0.2) is 0 Å². The molecule has 4 nitrogen and oxygen atoms in total. The van der Waals surface area contributed by atoms with Crippen LogP contribution in [0.1, 0.15) is 40.0 Å². The summed E-state index contributed by atoms with van der Waals surface area (Å²) in [5, 5.41) is 6.26. The number of carbonyl (C=O) groups excluding carboxylic acids is 1. The van der Waals surface area contributed by atoms with Gasteiger partial charge in [0.05, 0.1) is 0 Å². The number of nitrogens with one attached hydrogen (secondary N) is 2. The number of hydrogen-bond donors (Lipinski definition) is 2. The van der Waals surface area contributed by atoms with E-state index in [1.807, 2.05) is 0 Å². The van der Waals surface area contributed by atoms with Crippen LogP contribution in [-0.2, 0) is 4.79 Å². The molecule has 0 saturated carbocycles. The Hall–Kier alpha value is -0.610. The molecule has 0 aromatic heterocycles. The van der Waals surface area contributed by atoms with Crippen molar-refractivity contribution >= 4 is 5.91 Å². The lowest BCUT2D eigenvalue weighted by atomic mass is 10.3. The standard InChI is InChI=1S/C13H27N3O/c1-11(2)14-7-6-13(17)15-10-12(3)16-8-4-5-9-16/h11-12,14H,4-10H2,1-3H3,(H,15,17). The molecule has 0 spiro atoms. The van der Waals surface area contributed by atoms with Gasteiger partial charge in [0.25, 0.3) is 0 Å². The van der Waals surface area contributed by atoms with E-state index in [4.69, 9.17) is 0 Å². The summed E-state index contributed by atoms with van der Waals surface area (Å²) in [5.74, 6) is 0.157. The van der Waals surface area contributed by atoms with Crippen molar-refractivity contribution in [2.75, 3.05) is 26.2 Å². The molecule has 0 aliphatic carbocycles. The average molecular weight is 241 g/mol. The summed E-state index contributed by atoms with van der Waals surface area (Å²) >= 11 is 0. The number of carbonyl (C=O) groups is 1. The average Bonchev–Trinajstić information content (AvgIpc) is 2.78. The molecule has 1 amide bonds. The third-order valence-electron chi connectivity index (χ3n) is 3.26. The highest BCUT2D eigenvalue weighted by molar-refractivity contribution is 5.76. The van der Waals surface area contributed by atoms with Crippen molar-refractivity contribution in [1.82, 2.24) is 15.5 Å².